The second-order valence-electron chi connectivity index (χ2n) is 9.31. The molecule has 0 unspecified atom stereocenters. The highest BCUT2D eigenvalue weighted by molar-refractivity contribution is 7.90. The number of nitrogens with zero attached hydrogens (tertiary/aromatic N) is 2. The molecule has 1 aromatic heterocycles. The fourth-order valence-corrected chi connectivity index (χ4v) is 5.73. The van der Waals surface area contributed by atoms with E-state index in [1.165, 1.54) is 42.7 Å². The first-order valence-electron chi connectivity index (χ1n) is 12.5. The number of para-hydroxylation sites is 2. The van der Waals surface area contributed by atoms with E-state index in [4.69, 9.17) is 10.5 Å². The molecule has 0 atom stereocenters. The number of rotatable bonds is 9. The molecule has 0 saturated carbocycles. The predicted octanol–water partition coefficient (Wildman–Crippen LogP) is 6.21. The predicted molar refractivity (Wildman–Crippen MR) is 150 cm³/mol. The van der Waals surface area contributed by atoms with Crippen LogP contribution in [0.5, 0.6) is 5.75 Å². The van der Waals surface area contributed by atoms with E-state index in [1.807, 2.05) is 0 Å². The van der Waals surface area contributed by atoms with Gasteiger partial charge in [-0.1, -0.05) is 30.7 Å². The number of thiophene rings is 1. The Hall–Kier alpha value is -3.15. The molecule has 0 aliphatic carbocycles. The topological polar surface area (TPSA) is 85.0 Å². The third-order valence-corrected chi connectivity index (χ3v) is 8.35. The van der Waals surface area contributed by atoms with Gasteiger partial charge in [0.05, 0.1) is 15.5 Å². The summed E-state index contributed by atoms with van der Waals surface area (Å²) >= 11 is 1.18. The quantitative estimate of drug-likeness (QED) is 0.306. The average molecular weight is 578 g/mol. The van der Waals surface area contributed by atoms with Gasteiger partial charge in [0.15, 0.2) is 9.84 Å². The molecule has 4 rings (SSSR count). The zero-order chi connectivity index (χ0) is 28.0. The standard InChI is InChI=1S/C28H30F3N3O3S2/c1-39(35,36)22-9-7-8-20(16-22)21-17-26(38-19-21)24(18-27(32)28(29,30)31)33-23-10-3-4-11-25(23)37-15-14-34-12-5-2-6-13-34/h3-4,7-11,16-19H,2,5-6,12-15,32H2,1H3/b27-18-,33-24?. The van der Waals surface area contributed by atoms with Crippen LogP contribution >= 0.6 is 11.3 Å². The summed E-state index contributed by atoms with van der Waals surface area (Å²) in [7, 11) is -3.42. The molecule has 3 aromatic rings. The van der Waals surface area contributed by atoms with Crippen molar-refractivity contribution in [1.82, 2.24) is 4.90 Å². The zero-order valence-electron chi connectivity index (χ0n) is 21.4. The third-order valence-electron chi connectivity index (χ3n) is 6.29. The Morgan fingerprint density at radius 2 is 1.82 bits per heavy atom. The minimum atomic E-state index is -4.73. The van der Waals surface area contributed by atoms with Gasteiger partial charge in [-0.3, -0.25) is 4.90 Å². The summed E-state index contributed by atoms with van der Waals surface area (Å²) in [4.78, 5) is 7.47. The van der Waals surface area contributed by atoms with Gasteiger partial charge in [-0.2, -0.15) is 13.2 Å². The van der Waals surface area contributed by atoms with E-state index in [0.29, 0.717) is 34.0 Å². The summed E-state index contributed by atoms with van der Waals surface area (Å²) in [6.07, 6.45) is 0.770. The Balaban J connectivity index is 1.66. The summed E-state index contributed by atoms with van der Waals surface area (Å²) < 4.78 is 70.1. The number of hydrogen-bond acceptors (Lipinski definition) is 7. The van der Waals surface area contributed by atoms with Crippen LogP contribution < -0.4 is 10.5 Å². The zero-order valence-corrected chi connectivity index (χ0v) is 23.1. The highest BCUT2D eigenvalue weighted by Gasteiger charge is 2.32. The molecular weight excluding hydrogens is 547 g/mol. The van der Waals surface area contributed by atoms with E-state index >= 15 is 0 Å². The number of likely N-dealkylation sites (tertiary alicyclic amines) is 1. The molecule has 1 aliphatic rings. The van der Waals surface area contributed by atoms with Gasteiger partial charge in [0.1, 0.15) is 23.7 Å². The molecule has 1 fully saturated rings. The first kappa shape index (κ1) is 28.8. The van der Waals surface area contributed by atoms with Crippen LogP contribution in [0.3, 0.4) is 0 Å². The van der Waals surface area contributed by atoms with Crippen LogP contribution in [0.2, 0.25) is 0 Å². The van der Waals surface area contributed by atoms with Crippen LogP contribution in [0.25, 0.3) is 11.1 Å². The molecule has 0 amide bonds. The largest absolute Gasteiger partial charge is 0.490 e. The molecule has 1 aliphatic heterocycles. The number of ether oxygens (including phenoxy) is 1. The summed E-state index contributed by atoms with van der Waals surface area (Å²) in [6.45, 7) is 3.25. The lowest BCUT2D eigenvalue weighted by molar-refractivity contribution is -0.0925. The SMILES string of the molecule is CS(=O)(=O)c1cccc(-c2csc(C(/C=C(\N)C(F)(F)F)=Nc3ccccc3OCCN3CCCCC3)c2)c1. The van der Waals surface area contributed by atoms with Crippen LogP contribution in [-0.2, 0) is 9.84 Å². The number of piperidine rings is 1. The number of alkyl halides is 3. The van der Waals surface area contributed by atoms with Crippen LogP contribution in [0.1, 0.15) is 24.1 Å². The lowest BCUT2D eigenvalue weighted by atomic mass is 10.1. The molecule has 39 heavy (non-hydrogen) atoms. The van der Waals surface area contributed by atoms with Gasteiger partial charge in [0.25, 0.3) is 0 Å². The molecule has 0 spiro atoms. The van der Waals surface area contributed by atoms with Crippen molar-refractivity contribution in [2.75, 3.05) is 32.5 Å². The first-order valence-corrected chi connectivity index (χ1v) is 15.2. The molecule has 6 nitrogen and oxygen atoms in total. The van der Waals surface area contributed by atoms with Crippen LogP contribution in [0.4, 0.5) is 18.9 Å². The van der Waals surface area contributed by atoms with E-state index in [1.54, 1.807) is 47.8 Å². The minimum Gasteiger partial charge on any atom is -0.490 e. The molecule has 1 saturated heterocycles. The van der Waals surface area contributed by atoms with Crippen molar-refractivity contribution in [2.45, 2.75) is 30.3 Å². The van der Waals surface area contributed by atoms with Gasteiger partial charge >= 0.3 is 6.18 Å². The second-order valence-corrected chi connectivity index (χ2v) is 12.2. The van der Waals surface area contributed by atoms with Gasteiger partial charge in [-0.25, -0.2) is 13.4 Å². The maximum absolute atomic E-state index is 13.4. The fraction of sp³-hybridized carbons (Fsp3) is 0.321. The minimum absolute atomic E-state index is 0.0208. The van der Waals surface area contributed by atoms with Crippen LogP contribution in [0, 0.1) is 0 Å². The monoisotopic (exact) mass is 577 g/mol. The number of hydrogen-bond donors (Lipinski definition) is 1. The van der Waals surface area contributed by atoms with Gasteiger partial charge in [-0.05, 0) is 78.8 Å². The molecule has 0 bridgehead atoms. The third kappa shape index (κ3) is 7.93. The average Bonchev–Trinajstić information content (AvgIpc) is 3.39. The highest BCUT2D eigenvalue weighted by atomic mass is 32.2. The van der Waals surface area contributed by atoms with Gasteiger partial charge < -0.3 is 10.5 Å². The highest BCUT2D eigenvalue weighted by Crippen LogP contribution is 2.33. The van der Waals surface area contributed by atoms with Gasteiger partial charge in [-0.15, -0.1) is 11.3 Å². The molecule has 0 radical (unpaired) electrons. The van der Waals surface area contributed by atoms with Crippen molar-refractivity contribution in [3.63, 3.8) is 0 Å². The lowest BCUT2D eigenvalue weighted by Crippen LogP contribution is -2.33. The number of allylic oxidation sites excluding steroid dienone is 2. The normalized spacial score (nSPS) is 15.9. The summed E-state index contributed by atoms with van der Waals surface area (Å²) in [5, 5.41) is 1.74. The molecule has 2 N–H and O–H groups in total. The van der Waals surface area contributed by atoms with Crippen molar-refractivity contribution < 1.29 is 26.3 Å². The Labute approximate surface area is 230 Å². The van der Waals surface area contributed by atoms with E-state index in [-0.39, 0.29) is 10.6 Å². The fourth-order valence-electron chi connectivity index (χ4n) is 4.18. The van der Waals surface area contributed by atoms with Gasteiger partial charge in [0, 0.05) is 12.8 Å². The van der Waals surface area contributed by atoms with Crippen molar-refractivity contribution in [2.24, 2.45) is 10.7 Å². The Kier molecular flexibility index (Phi) is 9.14. The number of nitrogens with two attached hydrogens (primary N) is 1. The Bertz CT molecular complexity index is 1460. The van der Waals surface area contributed by atoms with Crippen molar-refractivity contribution in [3.8, 4) is 16.9 Å². The van der Waals surface area contributed by atoms with Crippen molar-refractivity contribution in [1.29, 1.82) is 0 Å². The number of benzene rings is 2. The molecule has 2 heterocycles. The Morgan fingerprint density at radius 3 is 2.54 bits per heavy atom. The Morgan fingerprint density at radius 1 is 1.08 bits per heavy atom. The van der Waals surface area contributed by atoms with Gasteiger partial charge in [0.2, 0.25) is 0 Å². The van der Waals surface area contributed by atoms with E-state index < -0.39 is 21.7 Å². The maximum Gasteiger partial charge on any atom is 0.430 e. The first-order chi connectivity index (χ1) is 18.5. The number of sulfone groups is 1. The maximum atomic E-state index is 13.4. The van der Waals surface area contributed by atoms with E-state index in [2.05, 4.69) is 9.89 Å². The molecule has 11 heteroatoms. The van der Waals surface area contributed by atoms with Crippen molar-refractivity contribution in [3.05, 3.63) is 76.6 Å². The summed E-state index contributed by atoms with van der Waals surface area (Å²) in [5.74, 6) is 0.462. The smallest absolute Gasteiger partial charge is 0.430 e. The molecule has 2 aromatic carbocycles. The van der Waals surface area contributed by atoms with Crippen LogP contribution in [0.15, 0.2) is 81.6 Å². The number of halogens is 3. The molecule has 208 valence electrons. The van der Waals surface area contributed by atoms with Crippen LogP contribution in [-0.4, -0.2) is 57.7 Å². The lowest BCUT2D eigenvalue weighted by Gasteiger charge is -2.26. The summed E-state index contributed by atoms with van der Waals surface area (Å²) in [6, 6.07) is 15.0. The van der Waals surface area contributed by atoms with Crippen molar-refractivity contribution >= 4 is 32.6 Å². The second kappa shape index (κ2) is 12.4. The van der Waals surface area contributed by atoms with E-state index in [0.717, 1.165) is 32.0 Å². The summed E-state index contributed by atoms with van der Waals surface area (Å²) in [5.41, 5.74) is 5.78. The number of aliphatic imine (C=N–C) groups is 1. The molecular formula is C28H30F3N3O3S2. The van der Waals surface area contributed by atoms with E-state index in [9.17, 15) is 21.6 Å².